The highest BCUT2D eigenvalue weighted by Crippen LogP contribution is 2.24. The van der Waals surface area contributed by atoms with Gasteiger partial charge >= 0.3 is 0 Å². The predicted molar refractivity (Wildman–Crippen MR) is 128 cm³/mol. The van der Waals surface area contributed by atoms with Crippen molar-refractivity contribution in [1.29, 1.82) is 0 Å². The van der Waals surface area contributed by atoms with Gasteiger partial charge in [0.05, 0.1) is 0 Å². The van der Waals surface area contributed by atoms with Gasteiger partial charge in [-0.05, 0) is 85.2 Å². The zero-order valence-corrected chi connectivity index (χ0v) is 18.2. The highest BCUT2D eigenvalue weighted by molar-refractivity contribution is 7.80. The van der Waals surface area contributed by atoms with E-state index < -0.39 is 0 Å². The van der Waals surface area contributed by atoms with E-state index in [0.29, 0.717) is 16.5 Å². The van der Waals surface area contributed by atoms with Gasteiger partial charge in [0, 0.05) is 22.3 Å². The van der Waals surface area contributed by atoms with E-state index >= 15 is 0 Å². The molecule has 0 atom stereocenters. The second-order valence-corrected chi connectivity index (χ2v) is 7.63. The minimum Gasteiger partial charge on any atom is -0.457 e. The number of thiocarbonyl (C=S) groups is 1. The first-order valence-corrected chi connectivity index (χ1v) is 10.6. The van der Waals surface area contributed by atoms with Gasteiger partial charge in [-0.1, -0.05) is 37.1 Å². The number of furan rings is 1. The Morgan fingerprint density at radius 1 is 1.07 bits per heavy atom. The van der Waals surface area contributed by atoms with E-state index in [1.807, 2.05) is 30.3 Å². The Bertz CT molecular complexity index is 1020. The molecule has 0 fully saturated rings. The predicted octanol–water partition coefficient (Wildman–Crippen LogP) is 6.47. The fourth-order valence-corrected chi connectivity index (χ4v) is 3.17. The summed E-state index contributed by atoms with van der Waals surface area (Å²) in [7, 11) is 0. The van der Waals surface area contributed by atoms with Gasteiger partial charge in [-0.2, -0.15) is 0 Å². The molecule has 0 saturated carbocycles. The molecule has 2 aromatic carbocycles. The summed E-state index contributed by atoms with van der Waals surface area (Å²) in [5.74, 6) is 0.930. The maximum Gasteiger partial charge on any atom is 0.250 e. The number of nitrogens with one attached hydrogen (secondary N) is 2. The quantitative estimate of drug-likeness (QED) is 0.328. The molecule has 1 aromatic heterocycles. The zero-order chi connectivity index (χ0) is 21.3. The lowest BCUT2D eigenvalue weighted by atomic mass is 10.1. The molecule has 4 nitrogen and oxygen atoms in total. The maximum absolute atomic E-state index is 12.1. The number of carbonyl (C=O) groups is 1. The molecule has 1 amide bonds. The summed E-state index contributed by atoms with van der Waals surface area (Å²) in [5.41, 5.74) is 3.04. The summed E-state index contributed by atoms with van der Waals surface area (Å²) in [5, 5.41) is 6.56. The molecule has 6 heteroatoms. The molecule has 0 bridgehead atoms. The van der Waals surface area contributed by atoms with Crippen LogP contribution in [0.5, 0.6) is 0 Å². The summed E-state index contributed by atoms with van der Waals surface area (Å²) in [6.07, 6.45) is 6.38. The van der Waals surface area contributed by atoms with Crippen molar-refractivity contribution in [2.45, 2.75) is 26.2 Å². The largest absolute Gasteiger partial charge is 0.457 e. The van der Waals surface area contributed by atoms with E-state index in [2.05, 4.69) is 29.7 Å². The van der Waals surface area contributed by atoms with Crippen LogP contribution in [0.1, 0.15) is 31.1 Å². The van der Waals surface area contributed by atoms with Gasteiger partial charge in [0.1, 0.15) is 11.5 Å². The fourth-order valence-electron chi connectivity index (χ4n) is 2.82. The first-order chi connectivity index (χ1) is 14.5. The van der Waals surface area contributed by atoms with Crippen LogP contribution in [0, 0.1) is 0 Å². The van der Waals surface area contributed by atoms with E-state index in [9.17, 15) is 4.79 Å². The van der Waals surface area contributed by atoms with Gasteiger partial charge < -0.3 is 9.73 Å². The Morgan fingerprint density at radius 3 is 2.50 bits per heavy atom. The summed E-state index contributed by atoms with van der Waals surface area (Å²) in [6, 6.07) is 19.0. The first kappa shape index (κ1) is 21.8. The topological polar surface area (TPSA) is 54.3 Å². The van der Waals surface area contributed by atoms with Crippen molar-refractivity contribution in [3.05, 3.63) is 83.1 Å². The van der Waals surface area contributed by atoms with Crippen LogP contribution in [0.25, 0.3) is 17.4 Å². The Labute approximate surface area is 186 Å². The van der Waals surface area contributed by atoms with E-state index in [-0.39, 0.29) is 11.0 Å². The minimum absolute atomic E-state index is 0.243. The number of unbranched alkanes of at least 4 members (excludes halogenated alkanes) is 1. The van der Waals surface area contributed by atoms with Crippen molar-refractivity contribution in [2.24, 2.45) is 0 Å². The van der Waals surface area contributed by atoms with Crippen LogP contribution in [0.4, 0.5) is 5.69 Å². The second kappa shape index (κ2) is 10.8. The Balaban J connectivity index is 1.50. The highest BCUT2D eigenvalue weighted by atomic mass is 35.5. The average molecular weight is 439 g/mol. The summed E-state index contributed by atoms with van der Waals surface area (Å²) in [4.78, 5) is 12.1. The normalized spacial score (nSPS) is 10.9. The monoisotopic (exact) mass is 438 g/mol. The van der Waals surface area contributed by atoms with Crippen LogP contribution >= 0.6 is 23.8 Å². The number of aryl methyl sites for hydroxylation is 1. The number of benzene rings is 2. The van der Waals surface area contributed by atoms with Crippen molar-refractivity contribution >= 4 is 46.6 Å². The van der Waals surface area contributed by atoms with Crippen molar-refractivity contribution in [2.75, 3.05) is 5.32 Å². The van der Waals surface area contributed by atoms with Crippen molar-refractivity contribution in [1.82, 2.24) is 5.32 Å². The Kier molecular flexibility index (Phi) is 7.82. The van der Waals surface area contributed by atoms with Crippen molar-refractivity contribution < 1.29 is 9.21 Å². The zero-order valence-electron chi connectivity index (χ0n) is 16.7. The van der Waals surface area contributed by atoms with Crippen LogP contribution in [-0.2, 0) is 11.2 Å². The van der Waals surface area contributed by atoms with Crippen LogP contribution in [0.2, 0.25) is 5.02 Å². The number of hydrogen-bond donors (Lipinski definition) is 2. The molecule has 0 saturated heterocycles. The van der Waals surface area contributed by atoms with Crippen LogP contribution in [-0.4, -0.2) is 11.0 Å². The van der Waals surface area contributed by atoms with Crippen LogP contribution in [0.3, 0.4) is 0 Å². The van der Waals surface area contributed by atoms with Gasteiger partial charge in [0.25, 0.3) is 0 Å². The number of rotatable bonds is 7. The Hall–Kier alpha value is -2.89. The molecule has 1 heterocycles. The third-order valence-corrected chi connectivity index (χ3v) is 4.88. The van der Waals surface area contributed by atoms with Gasteiger partial charge in [0.15, 0.2) is 5.11 Å². The van der Waals surface area contributed by atoms with Gasteiger partial charge in [-0.15, -0.1) is 0 Å². The number of anilines is 1. The van der Waals surface area contributed by atoms with Crippen LogP contribution < -0.4 is 10.6 Å². The number of carbonyl (C=O) groups excluding carboxylic acids is 1. The van der Waals surface area contributed by atoms with E-state index in [1.165, 1.54) is 24.5 Å². The minimum atomic E-state index is -0.337. The first-order valence-electron chi connectivity index (χ1n) is 9.78. The summed E-state index contributed by atoms with van der Waals surface area (Å²) in [6.45, 7) is 2.18. The molecular formula is C24H23ClN2O2S. The Morgan fingerprint density at radius 2 is 1.80 bits per heavy atom. The van der Waals surface area contributed by atoms with Gasteiger partial charge in [-0.25, -0.2) is 0 Å². The molecule has 0 aliphatic rings. The second-order valence-electron chi connectivity index (χ2n) is 6.79. The summed E-state index contributed by atoms with van der Waals surface area (Å²) < 4.78 is 5.74. The highest BCUT2D eigenvalue weighted by Gasteiger charge is 2.05. The molecule has 0 radical (unpaired) electrons. The standard InChI is InChI=1S/C24H23ClN2O2S/c1-2-3-4-17-5-11-20(12-6-17)26-24(30)27-23(28)16-14-21-13-15-22(29-21)18-7-9-19(25)10-8-18/h5-16H,2-4H2,1H3,(H2,26,27,28,30)/b16-14+. The van der Waals surface area contributed by atoms with Gasteiger partial charge in [-0.3, -0.25) is 10.1 Å². The molecule has 0 aliphatic heterocycles. The summed E-state index contributed by atoms with van der Waals surface area (Å²) >= 11 is 11.1. The lowest BCUT2D eigenvalue weighted by molar-refractivity contribution is -0.115. The lowest BCUT2D eigenvalue weighted by Crippen LogP contribution is -2.32. The van der Waals surface area contributed by atoms with E-state index in [4.69, 9.17) is 28.2 Å². The maximum atomic E-state index is 12.1. The molecule has 3 aromatic rings. The molecule has 0 spiro atoms. The average Bonchev–Trinajstić information content (AvgIpc) is 3.21. The molecule has 30 heavy (non-hydrogen) atoms. The van der Waals surface area contributed by atoms with Gasteiger partial charge in [0.2, 0.25) is 5.91 Å². The van der Waals surface area contributed by atoms with Crippen molar-refractivity contribution in [3.8, 4) is 11.3 Å². The molecule has 3 rings (SSSR count). The molecular weight excluding hydrogens is 416 g/mol. The molecule has 154 valence electrons. The third kappa shape index (κ3) is 6.58. The molecule has 0 aliphatic carbocycles. The number of hydrogen-bond acceptors (Lipinski definition) is 3. The SMILES string of the molecule is CCCCc1ccc(NC(=S)NC(=O)/C=C/c2ccc(-c3ccc(Cl)cc3)o2)cc1. The molecule has 0 unspecified atom stereocenters. The number of halogens is 1. The third-order valence-electron chi connectivity index (χ3n) is 4.42. The van der Waals surface area contributed by atoms with Crippen LogP contribution in [0.15, 0.2) is 71.2 Å². The lowest BCUT2D eigenvalue weighted by Gasteiger charge is -2.09. The van der Waals surface area contributed by atoms with E-state index in [0.717, 1.165) is 17.7 Å². The smallest absolute Gasteiger partial charge is 0.250 e. The number of amides is 1. The van der Waals surface area contributed by atoms with E-state index in [1.54, 1.807) is 24.3 Å². The fraction of sp³-hybridized carbons (Fsp3) is 0.167. The molecule has 2 N–H and O–H groups in total. The van der Waals surface area contributed by atoms with Crippen molar-refractivity contribution in [3.63, 3.8) is 0 Å².